The molecule has 19 heavy (non-hydrogen) atoms. The Labute approximate surface area is 114 Å². The van der Waals surface area contributed by atoms with Crippen molar-refractivity contribution in [1.82, 2.24) is 5.32 Å². The maximum Gasteiger partial charge on any atom is 0.333 e. The van der Waals surface area contributed by atoms with Gasteiger partial charge in [0.05, 0.1) is 5.69 Å². The molecule has 1 saturated heterocycles. The van der Waals surface area contributed by atoms with E-state index in [4.69, 9.17) is 0 Å². The molecule has 5 heteroatoms. The quantitative estimate of drug-likeness (QED) is 0.674. The average molecular weight is 270 g/mol. The van der Waals surface area contributed by atoms with Crippen LogP contribution in [0.15, 0.2) is 53.5 Å². The lowest BCUT2D eigenvalue weighted by molar-refractivity contribution is -0.115. The van der Waals surface area contributed by atoms with Gasteiger partial charge in [0.15, 0.2) is 0 Å². The molecule has 0 radical (unpaired) electrons. The summed E-state index contributed by atoms with van der Waals surface area (Å²) in [7, 11) is 0. The number of urea groups is 1. The average Bonchev–Trinajstić information content (AvgIpc) is 3.00. The molecule has 4 nitrogen and oxygen atoms in total. The molecule has 3 rings (SSSR count). The SMILES string of the molecule is O=C1NC(=O)N(c2ccccc2)C1=Cc1cccs1. The summed E-state index contributed by atoms with van der Waals surface area (Å²) in [6.07, 6.45) is 1.72. The summed E-state index contributed by atoms with van der Waals surface area (Å²) in [5, 5.41) is 4.24. The summed E-state index contributed by atoms with van der Waals surface area (Å²) in [4.78, 5) is 26.1. The number of imide groups is 1. The van der Waals surface area contributed by atoms with E-state index in [2.05, 4.69) is 5.32 Å². The van der Waals surface area contributed by atoms with Crippen molar-refractivity contribution in [2.45, 2.75) is 0 Å². The number of nitrogens with zero attached hydrogens (tertiary/aromatic N) is 1. The molecule has 0 bridgehead atoms. The van der Waals surface area contributed by atoms with Crippen molar-refractivity contribution in [3.63, 3.8) is 0 Å². The van der Waals surface area contributed by atoms with Gasteiger partial charge >= 0.3 is 6.03 Å². The Hall–Kier alpha value is -2.40. The first-order valence-electron chi connectivity index (χ1n) is 5.71. The molecule has 0 atom stereocenters. The molecule has 2 heterocycles. The maximum absolute atomic E-state index is 11.9. The van der Waals surface area contributed by atoms with Gasteiger partial charge in [0.2, 0.25) is 0 Å². The minimum atomic E-state index is -0.418. The van der Waals surface area contributed by atoms with Gasteiger partial charge in [-0.1, -0.05) is 24.3 Å². The molecule has 3 amide bonds. The van der Waals surface area contributed by atoms with Crippen LogP contribution >= 0.6 is 11.3 Å². The predicted octanol–water partition coefficient (Wildman–Crippen LogP) is 2.85. The Bertz CT molecular complexity index is 647. The van der Waals surface area contributed by atoms with E-state index in [1.165, 1.54) is 16.2 Å². The summed E-state index contributed by atoms with van der Waals surface area (Å²) < 4.78 is 0. The normalized spacial score (nSPS) is 17.1. The van der Waals surface area contributed by atoms with E-state index in [0.29, 0.717) is 11.4 Å². The fraction of sp³-hybridized carbons (Fsp3) is 0. The van der Waals surface area contributed by atoms with Gasteiger partial charge in [0, 0.05) is 4.88 Å². The molecule has 0 unspecified atom stereocenters. The monoisotopic (exact) mass is 270 g/mol. The number of hydrogen-bond acceptors (Lipinski definition) is 3. The third kappa shape index (κ3) is 2.15. The van der Waals surface area contributed by atoms with Gasteiger partial charge in [-0.05, 0) is 29.7 Å². The van der Waals surface area contributed by atoms with Gasteiger partial charge in [-0.2, -0.15) is 0 Å². The molecule has 0 saturated carbocycles. The van der Waals surface area contributed by atoms with Gasteiger partial charge < -0.3 is 0 Å². The Balaban J connectivity index is 2.06. The first-order chi connectivity index (χ1) is 9.25. The van der Waals surface area contributed by atoms with Crippen molar-refractivity contribution >= 4 is 35.0 Å². The number of hydrogen-bond donors (Lipinski definition) is 1. The first-order valence-corrected chi connectivity index (χ1v) is 6.59. The van der Waals surface area contributed by atoms with Crippen molar-refractivity contribution in [1.29, 1.82) is 0 Å². The van der Waals surface area contributed by atoms with Gasteiger partial charge in [-0.3, -0.25) is 15.0 Å². The van der Waals surface area contributed by atoms with Crippen molar-refractivity contribution in [3.8, 4) is 0 Å². The highest BCUT2D eigenvalue weighted by Crippen LogP contribution is 2.25. The van der Waals surface area contributed by atoms with E-state index in [1.807, 2.05) is 35.7 Å². The van der Waals surface area contributed by atoms with Crippen LogP contribution in [0.3, 0.4) is 0 Å². The van der Waals surface area contributed by atoms with Crippen molar-refractivity contribution in [3.05, 3.63) is 58.4 Å². The van der Waals surface area contributed by atoms with E-state index in [0.717, 1.165) is 4.88 Å². The van der Waals surface area contributed by atoms with E-state index in [9.17, 15) is 9.59 Å². The standard InChI is InChI=1S/C14H10N2O2S/c17-13-12(9-11-7-4-8-19-11)16(14(18)15-13)10-5-2-1-3-6-10/h1-9H,(H,15,17,18). The van der Waals surface area contributed by atoms with Crippen molar-refractivity contribution in [2.75, 3.05) is 4.90 Å². The highest BCUT2D eigenvalue weighted by Gasteiger charge is 2.34. The minimum Gasteiger partial charge on any atom is -0.272 e. The maximum atomic E-state index is 11.9. The zero-order valence-electron chi connectivity index (χ0n) is 9.87. The summed E-state index contributed by atoms with van der Waals surface area (Å²) in [5.74, 6) is -0.373. The van der Waals surface area contributed by atoms with Crippen LogP contribution < -0.4 is 10.2 Å². The second-order valence-electron chi connectivity index (χ2n) is 3.98. The smallest absolute Gasteiger partial charge is 0.272 e. The summed E-state index contributed by atoms with van der Waals surface area (Å²) in [6, 6.07) is 12.5. The van der Waals surface area contributed by atoms with E-state index in [1.54, 1.807) is 18.2 Å². The zero-order chi connectivity index (χ0) is 13.2. The highest BCUT2D eigenvalue weighted by molar-refractivity contribution is 7.10. The lowest BCUT2D eigenvalue weighted by Crippen LogP contribution is -2.27. The van der Waals surface area contributed by atoms with Crippen LogP contribution in [-0.4, -0.2) is 11.9 Å². The number of anilines is 1. The molecule has 1 fully saturated rings. The van der Waals surface area contributed by atoms with Crippen LogP contribution in [0, 0.1) is 0 Å². The molecule has 1 aromatic carbocycles. The fourth-order valence-electron chi connectivity index (χ4n) is 1.90. The molecule has 94 valence electrons. The third-order valence-corrected chi connectivity index (χ3v) is 3.55. The van der Waals surface area contributed by atoms with Gasteiger partial charge in [-0.25, -0.2) is 4.79 Å². The van der Waals surface area contributed by atoms with Gasteiger partial charge in [0.1, 0.15) is 5.70 Å². The van der Waals surface area contributed by atoms with Crippen LogP contribution in [0.1, 0.15) is 4.88 Å². The molecule has 2 aromatic rings. The number of thiophene rings is 1. The number of para-hydroxylation sites is 1. The van der Waals surface area contributed by atoms with Gasteiger partial charge in [0.25, 0.3) is 5.91 Å². The second kappa shape index (κ2) is 4.70. The van der Waals surface area contributed by atoms with Crippen molar-refractivity contribution in [2.24, 2.45) is 0 Å². The number of nitrogens with one attached hydrogen (secondary N) is 1. The highest BCUT2D eigenvalue weighted by atomic mass is 32.1. The molecule has 0 aliphatic carbocycles. The van der Waals surface area contributed by atoms with Crippen molar-refractivity contribution < 1.29 is 9.59 Å². The minimum absolute atomic E-state index is 0.346. The number of benzene rings is 1. The summed E-state index contributed by atoms with van der Waals surface area (Å²) in [6.45, 7) is 0. The predicted molar refractivity (Wildman–Crippen MR) is 74.8 cm³/mol. The Morgan fingerprint density at radius 1 is 1.05 bits per heavy atom. The number of rotatable bonds is 2. The van der Waals surface area contributed by atoms with E-state index in [-0.39, 0.29) is 5.91 Å². The second-order valence-corrected chi connectivity index (χ2v) is 4.95. The lowest BCUT2D eigenvalue weighted by Gasteiger charge is -2.14. The van der Waals surface area contributed by atoms with Crippen LogP contribution in [0.2, 0.25) is 0 Å². The Morgan fingerprint density at radius 3 is 2.53 bits per heavy atom. The van der Waals surface area contributed by atoms with Crippen LogP contribution in [0.25, 0.3) is 6.08 Å². The van der Waals surface area contributed by atoms with E-state index < -0.39 is 6.03 Å². The molecular weight excluding hydrogens is 260 g/mol. The van der Waals surface area contributed by atoms with Crippen LogP contribution in [0.4, 0.5) is 10.5 Å². The Morgan fingerprint density at radius 2 is 1.84 bits per heavy atom. The molecule has 1 aliphatic heterocycles. The fourth-order valence-corrected chi connectivity index (χ4v) is 2.55. The molecular formula is C14H10N2O2S. The lowest BCUT2D eigenvalue weighted by atomic mass is 10.2. The topological polar surface area (TPSA) is 49.4 Å². The molecule has 1 aliphatic rings. The molecule has 0 spiro atoms. The van der Waals surface area contributed by atoms with Crippen LogP contribution in [0.5, 0.6) is 0 Å². The van der Waals surface area contributed by atoms with Crippen LogP contribution in [-0.2, 0) is 4.79 Å². The molecule has 1 aromatic heterocycles. The van der Waals surface area contributed by atoms with Gasteiger partial charge in [-0.15, -0.1) is 11.3 Å². The first kappa shape index (κ1) is 11.7. The summed E-state index contributed by atoms with van der Waals surface area (Å²) >= 11 is 1.52. The largest absolute Gasteiger partial charge is 0.333 e. The van der Waals surface area contributed by atoms with E-state index >= 15 is 0 Å². The number of amides is 3. The third-order valence-electron chi connectivity index (χ3n) is 2.73. The number of carbonyl (C=O) groups excluding carboxylic acids is 2. The molecule has 1 N–H and O–H groups in total. The summed E-state index contributed by atoms with van der Waals surface area (Å²) in [5.41, 5.74) is 1.02. The number of carbonyl (C=O) groups is 2. The zero-order valence-corrected chi connectivity index (χ0v) is 10.7. The Kier molecular flexibility index (Phi) is 2.89.